The number of likely N-dealkylation sites (N-methyl/N-ethyl adjacent to an activating group) is 1. The number of fused-ring (bicyclic) bond motifs is 1. The molecule has 1 aromatic carbocycles. The quantitative estimate of drug-likeness (QED) is 0.923. The van der Waals surface area contributed by atoms with Crippen molar-refractivity contribution >= 4 is 0 Å². The zero-order chi connectivity index (χ0) is 13.9. The van der Waals surface area contributed by atoms with Gasteiger partial charge in [0.1, 0.15) is 0 Å². The molecule has 1 aliphatic rings. The average Bonchev–Trinajstić information content (AvgIpc) is 2.84. The van der Waals surface area contributed by atoms with Crippen LogP contribution in [0.25, 0.3) is 0 Å². The first kappa shape index (κ1) is 13.3. The number of hydrogen-bond donors (Lipinski definition) is 1. The van der Waals surface area contributed by atoms with Crippen LogP contribution in [0, 0.1) is 0 Å². The van der Waals surface area contributed by atoms with Gasteiger partial charge in [0.15, 0.2) is 0 Å². The predicted octanol–water partition coefficient (Wildman–Crippen LogP) is 2.21. The molecular formula is C17H20N2O. The summed E-state index contributed by atoms with van der Waals surface area (Å²) in [4.78, 5) is 6.30. The van der Waals surface area contributed by atoms with E-state index in [0.717, 1.165) is 24.9 Å². The molecule has 104 valence electrons. The second-order valence-electron chi connectivity index (χ2n) is 5.50. The Kier molecular flexibility index (Phi) is 3.81. The van der Waals surface area contributed by atoms with E-state index >= 15 is 0 Å². The molecule has 2 unspecified atom stereocenters. The fourth-order valence-corrected chi connectivity index (χ4v) is 2.97. The lowest BCUT2D eigenvalue weighted by Crippen LogP contribution is -2.36. The van der Waals surface area contributed by atoms with Gasteiger partial charge in [-0.15, -0.1) is 0 Å². The summed E-state index contributed by atoms with van der Waals surface area (Å²) in [5.74, 6) is 0. The molecule has 1 N–H and O–H groups in total. The molecule has 0 bridgehead atoms. The van der Waals surface area contributed by atoms with E-state index in [1.807, 2.05) is 42.7 Å². The third-order valence-corrected chi connectivity index (χ3v) is 4.24. The molecule has 3 rings (SSSR count). The standard InChI is InChI=1S/C17H20N2O/c1-19(11-8-13-6-9-18-10-7-13)16-12-14-4-2-3-5-15(14)17(16)20/h2-7,9-10,16-17,20H,8,11-12H2,1H3. The maximum absolute atomic E-state index is 10.5. The van der Waals surface area contributed by atoms with Gasteiger partial charge in [-0.2, -0.15) is 0 Å². The van der Waals surface area contributed by atoms with Gasteiger partial charge in [0.05, 0.1) is 6.10 Å². The fraction of sp³-hybridized carbons (Fsp3) is 0.353. The van der Waals surface area contributed by atoms with Crippen molar-refractivity contribution < 1.29 is 5.11 Å². The molecule has 0 saturated carbocycles. The Morgan fingerprint density at radius 3 is 2.70 bits per heavy atom. The number of aromatic nitrogens is 1. The number of nitrogens with zero attached hydrogens (tertiary/aromatic N) is 2. The summed E-state index contributed by atoms with van der Waals surface area (Å²) >= 11 is 0. The van der Waals surface area contributed by atoms with Crippen LogP contribution in [0.3, 0.4) is 0 Å². The molecule has 1 heterocycles. The SMILES string of the molecule is CN(CCc1ccncc1)C1Cc2ccccc2C1O. The zero-order valence-corrected chi connectivity index (χ0v) is 11.7. The minimum atomic E-state index is -0.367. The molecule has 20 heavy (non-hydrogen) atoms. The van der Waals surface area contributed by atoms with Gasteiger partial charge in [0, 0.05) is 25.0 Å². The third-order valence-electron chi connectivity index (χ3n) is 4.24. The highest BCUT2D eigenvalue weighted by molar-refractivity contribution is 5.35. The van der Waals surface area contributed by atoms with E-state index in [0.29, 0.717) is 0 Å². The molecule has 0 aliphatic heterocycles. The van der Waals surface area contributed by atoms with E-state index in [1.165, 1.54) is 11.1 Å². The normalized spacial score (nSPS) is 21.1. The molecule has 0 fully saturated rings. The number of pyridine rings is 1. The summed E-state index contributed by atoms with van der Waals surface area (Å²) in [7, 11) is 2.10. The van der Waals surface area contributed by atoms with Crippen LogP contribution >= 0.6 is 0 Å². The molecule has 0 amide bonds. The maximum atomic E-state index is 10.5. The van der Waals surface area contributed by atoms with Crippen LogP contribution < -0.4 is 0 Å². The first-order valence-corrected chi connectivity index (χ1v) is 7.10. The molecule has 3 nitrogen and oxygen atoms in total. The monoisotopic (exact) mass is 268 g/mol. The number of benzene rings is 1. The molecule has 2 aromatic rings. The van der Waals surface area contributed by atoms with E-state index in [4.69, 9.17) is 0 Å². The Morgan fingerprint density at radius 1 is 1.20 bits per heavy atom. The van der Waals surface area contributed by atoms with Gasteiger partial charge in [-0.1, -0.05) is 24.3 Å². The number of hydrogen-bond acceptors (Lipinski definition) is 3. The van der Waals surface area contributed by atoms with Crippen LogP contribution in [0.15, 0.2) is 48.8 Å². The lowest BCUT2D eigenvalue weighted by Gasteiger charge is -2.27. The summed E-state index contributed by atoms with van der Waals surface area (Å²) in [5, 5.41) is 10.5. The van der Waals surface area contributed by atoms with E-state index in [1.54, 1.807) is 0 Å². The molecular weight excluding hydrogens is 248 g/mol. The smallest absolute Gasteiger partial charge is 0.0950 e. The zero-order valence-electron chi connectivity index (χ0n) is 11.7. The molecule has 1 aromatic heterocycles. The first-order chi connectivity index (χ1) is 9.75. The third kappa shape index (κ3) is 2.60. The minimum absolute atomic E-state index is 0.189. The fourth-order valence-electron chi connectivity index (χ4n) is 2.97. The second-order valence-corrected chi connectivity index (χ2v) is 5.50. The van der Waals surface area contributed by atoms with Crippen LogP contribution in [0.4, 0.5) is 0 Å². The van der Waals surface area contributed by atoms with Crippen LogP contribution in [0.5, 0.6) is 0 Å². The van der Waals surface area contributed by atoms with Crippen LogP contribution in [-0.4, -0.2) is 34.6 Å². The summed E-state index contributed by atoms with van der Waals surface area (Å²) in [6.45, 7) is 0.944. The summed E-state index contributed by atoms with van der Waals surface area (Å²) in [6.07, 6.45) is 5.21. The molecule has 1 aliphatic carbocycles. The van der Waals surface area contributed by atoms with Crippen LogP contribution in [0.1, 0.15) is 22.8 Å². The topological polar surface area (TPSA) is 36.4 Å². The van der Waals surface area contributed by atoms with E-state index < -0.39 is 0 Å². The Labute approximate surface area is 119 Å². The number of rotatable bonds is 4. The van der Waals surface area contributed by atoms with E-state index in [2.05, 4.69) is 23.0 Å². The van der Waals surface area contributed by atoms with Crippen molar-refractivity contribution in [2.24, 2.45) is 0 Å². The van der Waals surface area contributed by atoms with Crippen molar-refractivity contribution in [3.05, 3.63) is 65.5 Å². The van der Waals surface area contributed by atoms with Crippen molar-refractivity contribution in [1.29, 1.82) is 0 Å². The predicted molar refractivity (Wildman–Crippen MR) is 79.5 cm³/mol. The van der Waals surface area contributed by atoms with Gasteiger partial charge >= 0.3 is 0 Å². The van der Waals surface area contributed by atoms with Gasteiger partial charge in [-0.05, 0) is 48.7 Å². The molecule has 0 saturated heterocycles. The second kappa shape index (κ2) is 5.73. The van der Waals surface area contributed by atoms with Gasteiger partial charge in [0.25, 0.3) is 0 Å². The minimum Gasteiger partial charge on any atom is -0.387 e. The Morgan fingerprint density at radius 2 is 1.95 bits per heavy atom. The van der Waals surface area contributed by atoms with E-state index in [-0.39, 0.29) is 12.1 Å². The van der Waals surface area contributed by atoms with Crippen molar-refractivity contribution in [3.63, 3.8) is 0 Å². The number of aliphatic hydroxyl groups excluding tert-OH is 1. The highest BCUT2D eigenvalue weighted by Gasteiger charge is 2.32. The van der Waals surface area contributed by atoms with Crippen molar-refractivity contribution in [2.75, 3.05) is 13.6 Å². The van der Waals surface area contributed by atoms with Gasteiger partial charge in [-0.25, -0.2) is 0 Å². The molecule has 0 radical (unpaired) electrons. The van der Waals surface area contributed by atoms with Gasteiger partial charge in [0.2, 0.25) is 0 Å². The molecule has 0 spiro atoms. The number of aliphatic hydroxyl groups is 1. The molecule has 3 heteroatoms. The lowest BCUT2D eigenvalue weighted by molar-refractivity contribution is 0.0767. The molecule has 2 atom stereocenters. The lowest BCUT2D eigenvalue weighted by atomic mass is 10.1. The Balaban J connectivity index is 1.63. The summed E-state index contributed by atoms with van der Waals surface area (Å²) in [6, 6.07) is 12.5. The maximum Gasteiger partial charge on any atom is 0.0950 e. The highest BCUT2D eigenvalue weighted by atomic mass is 16.3. The van der Waals surface area contributed by atoms with Crippen LogP contribution in [0.2, 0.25) is 0 Å². The summed E-state index contributed by atoms with van der Waals surface area (Å²) in [5.41, 5.74) is 3.66. The van der Waals surface area contributed by atoms with Crippen molar-refractivity contribution in [3.8, 4) is 0 Å². The first-order valence-electron chi connectivity index (χ1n) is 7.10. The largest absolute Gasteiger partial charge is 0.387 e. The Hall–Kier alpha value is -1.71. The highest BCUT2D eigenvalue weighted by Crippen LogP contribution is 2.33. The van der Waals surface area contributed by atoms with Crippen molar-refractivity contribution in [2.45, 2.75) is 25.0 Å². The van der Waals surface area contributed by atoms with E-state index in [9.17, 15) is 5.11 Å². The van der Waals surface area contributed by atoms with Crippen LogP contribution in [-0.2, 0) is 12.8 Å². The van der Waals surface area contributed by atoms with Gasteiger partial charge < -0.3 is 5.11 Å². The Bertz CT molecular complexity index is 570. The van der Waals surface area contributed by atoms with Crippen molar-refractivity contribution in [1.82, 2.24) is 9.88 Å². The average molecular weight is 268 g/mol. The van der Waals surface area contributed by atoms with Gasteiger partial charge in [-0.3, -0.25) is 9.88 Å². The summed E-state index contributed by atoms with van der Waals surface area (Å²) < 4.78 is 0.